The van der Waals surface area contributed by atoms with Crippen LogP contribution in [0.25, 0.3) is 0 Å². The third kappa shape index (κ3) is 6.22. The molecular formula is C17H23BrN2O4. The lowest BCUT2D eigenvalue weighted by molar-refractivity contribution is -0.143. The van der Waals surface area contributed by atoms with Gasteiger partial charge in [-0.3, -0.25) is 9.59 Å². The fourth-order valence-corrected chi connectivity index (χ4v) is 2.83. The Bertz CT molecular complexity index is 544. The third-order valence-corrected chi connectivity index (χ3v) is 4.24. The zero-order valence-corrected chi connectivity index (χ0v) is 15.3. The number of esters is 1. The van der Waals surface area contributed by atoms with E-state index in [0.29, 0.717) is 26.2 Å². The third-order valence-electron chi connectivity index (χ3n) is 3.71. The van der Waals surface area contributed by atoms with Crippen LogP contribution < -0.4 is 10.6 Å². The summed E-state index contributed by atoms with van der Waals surface area (Å²) in [6, 6.07) is 7.14. The summed E-state index contributed by atoms with van der Waals surface area (Å²) in [4.78, 5) is 24.2. The number of rotatable bonds is 7. The van der Waals surface area contributed by atoms with Crippen molar-refractivity contribution in [2.24, 2.45) is 0 Å². The van der Waals surface area contributed by atoms with E-state index in [9.17, 15) is 9.59 Å². The molecular weight excluding hydrogens is 376 g/mol. The van der Waals surface area contributed by atoms with Gasteiger partial charge in [0.15, 0.2) is 0 Å². The van der Waals surface area contributed by atoms with Gasteiger partial charge in [0, 0.05) is 23.5 Å². The van der Waals surface area contributed by atoms with Crippen molar-refractivity contribution in [2.45, 2.75) is 31.8 Å². The maximum atomic E-state index is 12.3. The van der Waals surface area contributed by atoms with Crippen molar-refractivity contribution in [1.29, 1.82) is 0 Å². The normalized spacial score (nSPS) is 18.7. The molecule has 0 spiro atoms. The number of amides is 1. The fourth-order valence-electron chi connectivity index (χ4n) is 2.56. The highest BCUT2D eigenvalue weighted by atomic mass is 79.9. The summed E-state index contributed by atoms with van der Waals surface area (Å²) in [6.07, 6.45) is 0.422. The lowest BCUT2D eigenvalue weighted by Gasteiger charge is -2.25. The molecule has 6 nitrogen and oxygen atoms in total. The molecule has 1 aromatic rings. The number of hydrogen-bond acceptors (Lipinski definition) is 5. The quantitative estimate of drug-likeness (QED) is 0.686. The second-order valence-corrected chi connectivity index (χ2v) is 6.53. The molecule has 1 aromatic carbocycles. The van der Waals surface area contributed by atoms with Crippen LogP contribution in [0.5, 0.6) is 0 Å². The molecule has 1 fully saturated rings. The van der Waals surface area contributed by atoms with E-state index in [4.69, 9.17) is 9.47 Å². The first-order valence-electron chi connectivity index (χ1n) is 8.10. The number of carbonyl (C=O) groups excluding carboxylic acids is 2. The monoisotopic (exact) mass is 398 g/mol. The highest BCUT2D eigenvalue weighted by molar-refractivity contribution is 9.10. The second-order valence-electron chi connectivity index (χ2n) is 5.61. The van der Waals surface area contributed by atoms with Gasteiger partial charge in [0.05, 0.1) is 32.3 Å². The average molecular weight is 399 g/mol. The largest absolute Gasteiger partial charge is 0.466 e. The SMILES string of the molecule is CCOC(=O)CC(NC(=O)CC1COCCN1)c1ccc(Br)cc1. The lowest BCUT2D eigenvalue weighted by Crippen LogP contribution is -2.44. The maximum Gasteiger partial charge on any atom is 0.308 e. The smallest absolute Gasteiger partial charge is 0.308 e. The van der Waals surface area contributed by atoms with Crippen LogP contribution >= 0.6 is 15.9 Å². The minimum absolute atomic E-state index is 0.00640. The minimum atomic E-state index is -0.408. The van der Waals surface area contributed by atoms with Crippen LogP contribution in [0.3, 0.4) is 0 Å². The number of ether oxygens (including phenoxy) is 2. The Balaban J connectivity index is 1.99. The number of hydrogen-bond donors (Lipinski definition) is 2. The van der Waals surface area contributed by atoms with E-state index >= 15 is 0 Å². The molecule has 1 aliphatic rings. The van der Waals surface area contributed by atoms with E-state index in [0.717, 1.165) is 16.6 Å². The van der Waals surface area contributed by atoms with Gasteiger partial charge < -0.3 is 20.1 Å². The molecule has 1 amide bonds. The summed E-state index contributed by atoms with van der Waals surface area (Å²) in [6.45, 7) is 4.02. The van der Waals surface area contributed by atoms with E-state index in [2.05, 4.69) is 26.6 Å². The Hall–Kier alpha value is -1.44. The van der Waals surface area contributed by atoms with Gasteiger partial charge in [0.1, 0.15) is 0 Å². The predicted octanol–water partition coefficient (Wildman–Crippen LogP) is 1.94. The molecule has 1 saturated heterocycles. The molecule has 0 aromatic heterocycles. The van der Waals surface area contributed by atoms with Gasteiger partial charge in [-0.2, -0.15) is 0 Å². The van der Waals surface area contributed by atoms with Gasteiger partial charge >= 0.3 is 5.97 Å². The first-order chi connectivity index (χ1) is 11.6. The van der Waals surface area contributed by atoms with Gasteiger partial charge in [0.2, 0.25) is 5.91 Å². The molecule has 0 aliphatic carbocycles. The summed E-state index contributed by atoms with van der Waals surface area (Å²) < 4.78 is 11.3. The van der Waals surface area contributed by atoms with Crippen LogP contribution in [0.15, 0.2) is 28.7 Å². The molecule has 1 aliphatic heterocycles. The Kier molecular flexibility index (Phi) is 7.68. The van der Waals surface area contributed by atoms with Gasteiger partial charge in [-0.15, -0.1) is 0 Å². The van der Waals surface area contributed by atoms with Crippen LogP contribution in [0.2, 0.25) is 0 Å². The van der Waals surface area contributed by atoms with E-state index in [1.807, 2.05) is 24.3 Å². The van der Waals surface area contributed by atoms with Crippen molar-refractivity contribution < 1.29 is 19.1 Å². The van der Waals surface area contributed by atoms with Gasteiger partial charge in [0.25, 0.3) is 0 Å². The van der Waals surface area contributed by atoms with Crippen molar-refractivity contribution in [2.75, 3.05) is 26.4 Å². The van der Waals surface area contributed by atoms with E-state index in [1.54, 1.807) is 6.92 Å². The zero-order valence-electron chi connectivity index (χ0n) is 13.7. The highest BCUT2D eigenvalue weighted by Crippen LogP contribution is 2.20. The summed E-state index contributed by atoms with van der Waals surface area (Å²) in [5.41, 5.74) is 0.868. The zero-order chi connectivity index (χ0) is 17.4. The molecule has 0 radical (unpaired) electrons. The molecule has 0 bridgehead atoms. The molecule has 2 N–H and O–H groups in total. The van der Waals surface area contributed by atoms with Crippen molar-refractivity contribution in [3.05, 3.63) is 34.3 Å². The van der Waals surface area contributed by atoms with Crippen LogP contribution in [0.4, 0.5) is 0 Å². The van der Waals surface area contributed by atoms with E-state index in [-0.39, 0.29) is 24.3 Å². The standard InChI is InChI=1S/C17H23BrN2O4/c1-2-24-17(22)10-15(12-3-5-13(18)6-4-12)20-16(21)9-14-11-23-8-7-19-14/h3-6,14-15,19H,2,7-11H2,1H3,(H,20,21). The number of benzene rings is 1. The highest BCUT2D eigenvalue weighted by Gasteiger charge is 2.22. The molecule has 7 heteroatoms. The number of halogens is 1. The van der Waals surface area contributed by atoms with Gasteiger partial charge in [-0.1, -0.05) is 28.1 Å². The maximum absolute atomic E-state index is 12.3. The summed E-state index contributed by atoms with van der Waals surface area (Å²) in [5.74, 6) is -0.444. The molecule has 2 unspecified atom stereocenters. The van der Waals surface area contributed by atoms with E-state index < -0.39 is 6.04 Å². The molecule has 2 rings (SSSR count). The lowest BCUT2D eigenvalue weighted by atomic mass is 10.0. The van der Waals surface area contributed by atoms with Gasteiger partial charge in [-0.25, -0.2) is 0 Å². The van der Waals surface area contributed by atoms with Gasteiger partial charge in [-0.05, 0) is 24.6 Å². The molecule has 2 atom stereocenters. The minimum Gasteiger partial charge on any atom is -0.466 e. The van der Waals surface area contributed by atoms with Crippen LogP contribution in [0, 0.1) is 0 Å². The first-order valence-corrected chi connectivity index (χ1v) is 8.89. The molecule has 1 heterocycles. The Morgan fingerprint density at radius 2 is 2.17 bits per heavy atom. The summed E-state index contributed by atoms with van der Waals surface area (Å²) >= 11 is 3.39. The number of nitrogens with one attached hydrogen (secondary N) is 2. The Labute approximate surface area is 150 Å². The summed E-state index contributed by atoms with van der Waals surface area (Å²) in [7, 11) is 0. The van der Waals surface area contributed by atoms with Crippen molar-refractivity contribution in [1.82, 2.24) is 10.6 Å². The average Bonchev–Trinajstić information content (AvgIpc) is 2.56. The Morgan fingerprint density at radius 1 is 1.42 bits per heavy atom. The van der Waals surface area contributed by atoms with Crippen molar-refractivity contribution in [3.8, 4) is 0 Å². The Morgan fingerprint density at radius 3 is 2.79 bits per heavy atom. The topological polar surface area (TPSA) is 76.7 Å². The van der Waals surface area contributed by atoms with Crippen LogP contribution in [-0.4, -0.2) is 44.3 Å². The number of morpholine rings is 1. The predicted molar refractivity (Wildman–Crippen MR) is 93.5 cm³/mol. The number of carbonyl (C=O) groups is 2. The second kappa shape index (κ2) is 9.76. The fraction of sp³-hybridized carbons (Fsp3) is 0.529. The molecule has 0 saturated carbocycles. The van der Waals surface area contributed by atoms with Crippen LogP contribution in [-0.2, 0) is 19.1 Å². The molecule has 132 valence electrons. The van der Waals surface area contributed by atoms with Crippen molar-refractivity contribution >= 4 is 27.8 Å². The van der Waals surface area contributed by atoms with Crippen molar-refractivity contribution in [3.63, 3.8) is 0 Å². The van der Waals surface area contributed by atoms with Crippen LogP contribution in [0.1, 0.15) is 31.4 Å². The molecule has 24 heavy (non-hydrogen) atoms. The summed E-state index contributed by atoms with van der Waals surface area (Å²) in [5, 5.41) is 6.19. The first kappa shape index (κ1) is 18.9. The van der Waals surface area contributed by atoms with E-state index in [1.165, 1.54) is 0 Å².